The molecule has 0 aliphatic rings. The molecule has 0 aromatic carbocycles. The third-order valence-electron chi connectivity index (χ3n) is 1.01. The van der Waals surface area contributed by atoms with Crippen molar-refractivity contribution in [3.05, 3.63) is 12.3 Å². The molecule has 0 unspecified atom stereocenters. The second-order valence-electron chi connectivity index (χ2n) is 2.31. The van der Waals surface area contributed by atoms with E-state index in [1.807, 2.05) is 14.1 Å². The van der Waals surface area contributed by atoms with E-state index in [9.17, 15) is 0 Å². The fraction of sp³-hybridized carbons (Fsp3) is 0.333. The van der Waals surface area contributed by atoms with Crippen LogP contribution in [0.1, 0.15) is 0 Å². The second kappa shape index (κ2) is 3.16. The minimum Gasteiger partial charge on any atom is -0.368 e. The number of hydrogen-bond acceptors (Lipinski definition) is 5. The smallest absolute Gasteiger partial charge is 0.221 e. The summed E-state index contributed by atoms with van der Waals surface area (Å²) in [7, 11) is 3.75. The molecule has 0 spiro atoms. The van der Waals surface area contributed by atoms with E-state index in [2.05, 4.69) is 15.4 Å². The van der Waals surface area contributed by atoms with Gasteiger partial charge in [-0.2, -0.15) is 4.98 Å². The molecule has 0 amide bonds. The molecule has 0 saturated carbocycles. The van der Waals surface area contributed by atoms with Gasteiger partial charge in [-0.05, 0) is 0 Å². The van der Waals surface area contributed by atoms with Crippen LogP contribution < -0.4 is 11.2 Å². The van der Waals surface area contributed by atoms with Crippen LogP contribution >= 0.6 is 0 Å². The first-order valence-electron chi connectivity index (χ1n) is 3.21. The van der Waals surface area contributed by atoms with Crippen molar-refractivity contribution in [3.8, 4) is 0 Å². The first kappa shape index (κ1) is 7.74. The quantitative estimate of drug-likeness (QED) is 0.583. The summed E-state index contributed by atoms with van der Waals surface area (Å²) in [5.74, 6) is 0.972. The Morgan fingerprint density at radius 1 is 1.55 bits per heavy atom. The fourth-order valence-electron chi connectivity index (χ4n) is 0.665. The lowest BCUT2D eigenvalue weighted by atomic mass is 10.6. The van der Waals surface area contributed by atoms with E-state index < -0.39 is 0 Å². The molecule has 5 nitrogen and oxygen atoms in total. The Balaban J connectivity index is 2.71. The maximum absolute atomic E-state index is 5.35. The highest BCUT2D eigenvalue weighted by Crippen LogP contribution is 2.01. The van der Waals surface area contributed by atoms with Gasteiger partial charge in [0.1, 0.15) is 5.82 Å². The third kappa shape index (κ3) is 2.38. The molecule has 1 rings (SSSR count). The molecule has 0 bridgehead atoms. The molecule has 0 radical (unpaired) electrons. The molecule has 5 heteroatoms. The average molecular weight is 153 g/mol. The summed E-state index contributed by atoms with van der Waals surface area (Å²) in [6, 6.07) is 1.75. The van der Waals surface area contributed by atoms with Crippen molar-refractivity contribution in [2.75, 3.05) is 25.3 Å². The number of nitrogens with two attached hydrogens (primary N) is 1. The molecule has 1 heterocycles. The highest BCUT2D eigenvalue weighted by atomic mass is 15.5. The summed E-state index contributed by atoms with van der Waals surface area (Å²) in [6.07, 6.45) is 1.61. The summed E-state index contributed by atoms with van der Waals surface area (Å²) < 4.78 is 0. The summed E-state index contributed by atoms with van der Waals surface area (Å²) in [5.41, 5.74) is 8.30. The van der Waals surface area contributed by atoms with Crippen LogP contribution in [-0.2, 0) is 0 Å². The van der Waals surface area contributed by atoms with Crippen LogP contribution in [0.3, 0.4) is 0 Å². The minimum atomic E-state index is 0.275. The van der Waals surface area contributed by atoms with Crippen LogP contribution in [0.15, 0.2) is 12.3 Å². The summed E-state index contributed by atoms with van der Waals surface area (Å²) in [4.78, 5) is 7.68. The first-order chi connectivity index (χ1) is 5.18. The Kier molecular flexibility index (Phi) is 2.22. The molecular formula is C6H11N5. The molecule has 0 aliphatic carbocycles. The van der Waals surface area contributed by atoms with E-state index in [1.54, 1.807) is 17.3 Å². The molecule has 0 aliphatic heterocycles. The Morgan fingerprint density at radius 2 is 2.27 bits per heavy atom. The number of nitrogen functional groups attached to an aromatic ring is 1. The highest BCUT2D eigenvalue weighted by Gasteiger charge is 1.94. The zero-order valence-corrected chi connectivity index (χ0v) is 6.57. The zero-order chi connectivity index (χ0) is 8.27. The second-order valence-corrected chi connectivity index (χ2v) is 2.31. The van der Waals surface area contributed by atoms with Gasteiger partial charge in [-0.15, -0.1) is 0 Å². The Hall–Kier alpha value is -1.36. The van der Waals surface area contributed by atoms with Crippen LogP contribution in [0.4, 0.5) is 11.8 Å². The minimum absolute atomic E-state index is 0.275. The fourth-order valence-corrected chi connectivity index (χ4v) is 0.665. The molecule has 11 heavy (non-hydrogen) atoms. The van der Waals surface area contributed by atoms with Crippen molar-refractivity contribution in [3.63, 3.8) is 0 Å². The third-order valence-corrected chi connectivity index (χ3v) is 1.01. The van der Waals surface area contributed by atoms with Crippen LogP contribution in [-0.4, -0.2) is 29.1 Å². The van der Waals surface area contributed by atoms with Crippen LogP contribution in [0.2, 0.25) is 0 Å². The van der Waals surface area contributed by atoms with Gasteiger partial charge in [0.2, 0.25) is 5.95 Å². The molecule has 1 aromatic rings. The molecular weight excluding hydrogens is 142 g/mol. The maximum Gasteiger partial charge on any atom is 0.221 e. The van der Waals surface area contributed by atoms with Crippen molar-refractivity contribution in [1.29, 1.82) is 0 Å². The first-order valence-corrected chi connectivity index (χ1v) is 3.21. The normalized spacial score (nSPS) is 10.1. The van der Waals surface area contributed by atoms with E-state index >= 15 is 0 Å². The van der Waals surface area contributed by atoms with Crippen molar-refractivity contribution in [1.82, 2.24) is 15.0 Å². The van der Waals surface area contributed by atoms with Crippen LogP contribution in [0, 0.1) is 0 Å². The zero-order valence-electron chi connectivity index (χ0n) is 6.57. The van der Waals surface area contributed by atoms with Crippen LogP contribution in [0.5, 0.6) is 0 Å². The molecule has 0 atom stereocenters. The molecule has 3 N–H and O–H groups in total. The number of aromatic nitrogens is 2. The summed E-state index contributed by atoms with van der Waals surface area (Å²) >= 11 is 0. The molecule has 0 fully saturated rings. The lowest BCUT2D eigenvalue weighted by Gasteiger charge is -2.11. The predicted molar refractivity (Wildman–Crippen MR) is 43.8 cm³/mol. The van der Waals surface area contributed by atoms with Crippen molar-refractivity contribution < 1.29 is 0 Å². The average Bonchev–Trinajstić information content (AvgIpc) is 1.85. The monoisotopic (exact) mass is 153 g/mol. The molecule has 60 valence electrons. The lowest BCUT2D eigenvalue weighted by molar-refractivity contribution is 0.492. The number of rotatable bonds is 2. The number of hydrogen-bond donors (Lipinski definition) is 2. The van der Waals surface area contributed by atoms with E-state index in [1.165, 1.54) is 0 Å². The van der Waals surface area contributed by atoms with Crippen LogP contribution in [0.25, 0.3) is 0 Å². The SMILES string of the molecule is CN(C)Nc1ccnc(N)n1. The van der Waals surface area contributed by atoms with Crippen molar-refractivity contribution in [2.45, 2.75) is 0 Å². The van der Waals surface area contributed by atoms with Gasteiger partial charge in [-0.25, -0.2) is 9.99 Å². The largest absolute Gasteiger partial charge is 0.368 e. The highest BCUT2D eigenvalue weighted by molar-refractivity contribution is 5.35. The van der Waals surface area contributed by atoms with E-state index in [0.717, 1.165) is 0 Å². The van der Waals surface area contributed by atoms with Gasteiger partial charge in [0, 0.05) is 26.4 Å². The number of anilines is 2. The van der Waals surface area contributed by atoms with Gasteiger partial charge in [-0.1, -0.05) is 0 Å². The van der Waals surface area contributed by atoms with Gasteiger partial charge in [0.25, 0.3) is 0 Å². The Labute approximate surface area is 65.2 Å². The lowest BCUT2D eigenvalue weighted by Crippen LogP contribution is -2.20. The number of nitrogens with zero attached hydrogens (tertiary/aromatic N) is 3. The van der Waals surface area contributed by atoms with Crippen molar-refractivity contribution in [2.24, 2.45) is 0 Å². The summed E-state index contributed by atoms with van der Waals surface area (Å²) in [6.45, 7) is 0. The standard InChI is InChI=1S/C6H11N5/c1-11(2)10-5-3-4-8-6(7)9-5/h3-4H,1-2H3,(H3,7,8,9,10). The number of hydrazine groups is 1. The van der Waals surface area contributed by atoms with E-state index in [0.29, 0.717) is 5.82 Å². The van der Waals surface area contributed by atoms with Crippen molar-refractivity contribution >= 4 is 11.8 Å². The van der Waals surface area contributed by atoms with E-state index in [-0.39, 0.29) is 5.95 Å². The molecule has 0 saturated heterocycles. The summed E-state index contributed by atoms with van der Waals surface area (Å²) in [5, 5.41) is 1.78. The number of nitrogens with one attached hydrogen (secondary N) is 1. The molecule has 1 aromatic heterocycles. The van der Waals surface area contributed by atoms with Gasteiger partial charge < -0.3 is 11.2 Å². The van der Waals surface area contributed by atoms with Gasteiger partial charge in [0.15, 0.2) is 0 Å². The Morgan fingerprint density at radius 3 is 2.82 bits per heavy atom. The van der Waals surface area contributed by atoms with Gasteiger partial charge in [0.05, 0.1) is 0 Å². The maximum atomic E-state index is 5.35. The predicted octanol–water partition coefficient (Wildman–Crippen LogP) is -0.0527. The Bertz CT molecular complexity index is 234. The van der Waals surface area contributed by atoms with E-state index in [4.69, 9.17) is 5.73 Å². The topological polar surface area (TPSA) is 67.1 Å². The van der Waals surface area contributed by atoms with Gasteiger partial charge >= 0.3 is 0 Å². The van der Waals surface area contributed by atoms with Gasteiger partial charge in [-0.3, -0.25) is 0 Å².